The molecule has 3 rings (SSSR count). The number of carbonyl (C=O) groups excluding carboxylic acids is 2. The van der Waals surface area contributed by atoms with E-state index in [1.54, 1.807) is 25.3 Å². The summed E-state index contributed by atoms with van der Waals surface area (Å²) in [5.74, 6) is 0.432. The van der Waals surface area contributed by atoms with Crippen molar-refractivity contribution in [1.82, 2.24) is 5.32 Å². The second-order valence-electron chi connectivity index (χ2n) is 9.17. The van der Waals surface area contributed by atoms with E-state index in [9.17, 15) is 9.59 Å². The van der Waals surface area contributed by atoms with Crippen LogP contribution >= 0.6 is 0 Å². The lowest BCUT2D eigenvalue weighted by Crippen LogP contribution is -2.31. The van der Waals surface area contributed by atoms with Gasteiger partial charge in [0.25, 0.3) is 0 Å². The highest BCUT2D eigenvalue weighted by molar-refractivity contribution is 5.98. The summed E-state index contributed by atoms with van der Waals surface area (Å²) < 4.78 is 10.9. The molecule has 2 aliphatic carbocycles. The number of fused-ring (bicyclic) bond motifs is 1. The molecule has 4 atom stereocenters. The average molecular weight is 474 g/mol. The van der Waals surface area contributed by atoms with Crippen molar-refractivity contribution < 1.29 is 19.1 Å². The molecule has 35 heavy (non-hydrogen) atoms. The van der Waals surface area contributed by atoms with Crippen LogP contribution in [0.15, 0.2) is 84.3 Å². The lowest BCUT2D eigenvalue weighted by atomic mass is 9.79. The number of nitrogens with one attached hydrogen (secondary N) is 1. The van der Waals surface area contributed by atoms with Crippen LogP contribution in [0.5, 0.6) is 5.75 Å². The molecule has 1 N–H and O–H groups in total. The van der Waals surface area contributed by atoms with Gasteiger partial charge in [0.15, 0.2) is 5.76 Å². The summed E-state index contributed by atoms with van der Waals surface area (Å²) in [7, 11) is 3.17. The number of rotatable bonds is 8. The molecule has 5 nitrogen and oxygen atoms in total. The molecule has 0 fully saturated rings. The first kappa shape index (κ1) is 26.0. The number of allylic oxidation sites excluding steroid dienone is 9. The lowest BCUT2D eigenvalue weighted by Gasteiger charge is -2.26. The second kappa shape index (κ2) is 10.8. The third-order valence-corrected chi connectivity index (χ3v) is 7.23. The quantitative estimate of drug-likeness (QED) is 0.479. The van der Waals surface area contributed by atoms with Gasteiger partial charge in [-0.2, -0.15) is 0 Å². The van der Waals surface area contributed by atoms with Gasteiger partial charge in [-0.3, -0.25) is 9.59 Å². The molecule has 4 unspecified atom stereocenters. The molecule has 0 bridgehead atoms. The number of Topliss-reactive ketones (excluding diaryl/α,β-unsaturated/α-hetero) is 1. The maximum Gasteiger partial charge on any atom is 0.228 e. The summed E-state index contributed by atoms with van der Waals surface area (Å²) in [6.45, 7) is 15.5. The number of carbonyl (C=O) groups is 2. The van der Waals surface area contributed by atoms with E-state index in [4.69, 9.17) is 9.47 Å². The van der Waals surface area contributed by atoms with Crippen molar-refractivity contribution in [2.75, 3.05) is 14.2 Å². The summed E-state index contributed by atoms with van der Waals surface area (Å²) in [5, 5.41) is 2.95. The first-order valence-electron chi connectivity index (χ1n) is 11.8. The molecule has 2 aliphatic rings. The average Bonchev–Trinajstić information content (AvgIpc) is 3.13. The third-order valence-electron chi connectivity index (χ3n) is 7.23. The Balaban J connectivity index is 2.11. The molecule has 5 heteroatoms. The van der Waals surface area contributed by atoms with Crippen molar-refractivity contribution in [2.45, 2.75) is 33.6 Å². The number of hydrogen-bond acceptors (Lipinski definition) is 4. The van der Waals surface area contributed by atoms with Crippen LogP contribution in [-0.2, 0) is 14.3 Å². The van der Waals surface area contributed by atoms with Gasteiger partial charge >= 0.3 is 0 Å². The number of methoxy groups -OCH3 is 2. The molecule has 0 saturated heterocycles. The molecule has 184 valence electrons. The number of ether oxygens (including phenoxy) is 2. The minimum Gasteiger partial charge on any atom is -0.497 e. The molecule has 0 saturated carbocycles. The van der Waals surface area contributed by atoms with Gasteiger partial charge in [0.1, 0.15) is 5.75 Å². The molecular weight excluding hydrogens is 438 g/mol. The highest BCUT2D eigenvalue weighted by atomic mass is 16.5. The first-order valence-corrected chi connectivity index (χ1v) is 11.8. The summed E-state index contributed by atoms with van der Waals surface area (Å²) in [6.07, 6.45) is 8.92. The SMILES string of the molecule is C=C/C=C(\C=C)NC(=O)C(C)C1C(C)=C(/C=C2\C=C(OC)C(=O)C(C)C2C)c2ccc(OC)cc21. The Hall–Kier alpha value is -3.60. The van der Waals surface area contributed by atoms with Crippen LogP contribution in [0.25, 0.3) is 5.57 Å². The number of hydrogen-bond donors (Lipinski definition) is 1. The molecule has 1 aromatic carbocycles. The normalized spacial score (nSPS) is 24.0. The maximum absolute atomic E-state index is 13.2. The maximum atomic E-state index is 13.2. The van der Waals surface area contributed by atoms with Crippen molar-refractivity contribution in [3.8, 4) is 5.75 Å². The van der Waals surface area contributed by atoms with Crippen molar-refractivity contribution in [1.29, 1.82) is 0 Å². The first-order chi connectivity index (χ1) is 16.7. The van der Waals surface area contributed by atoms with Gasteiger partial charge in [0, 0.05) is 23.5 Å². The van der Waals surface area contributed by atoms with E-state index in [0.717, 1.165) is 33.6 Å². The van der Waals surface area contributed by atoms with E-state index in [0.29, 0.717) is 11.5 Å². The zero-order chi connectivity index (χ0) is 25.9. The molecule has 0 aliphatic heterocycles. The fraction of sp³-hybridized carbons (Fsp3) is 0.333. The second-order valence-corrected chi connectivity index (χ2v) is 9.17. The van der Waals surface area contributed by atoms with Gasteiger partial charge in [-0.1, -0.05) is 57.7 Å². The molecule has 1 amide bonds. The summed E-state index contributed by atoms with van der Waals surface area (Å²) in [4.78, 5) is 25.8. The standard InChI is InChI=1S/C30H35NO4/c1-9-11-22(10-2)31-30(33)20(6)28-19(5)25(24-13-12-23(34-7)16-26(24)28)14-21-15-27(35-8)29(32)18(4)17(21)3/h9-18,20,28H,1-2H2,3-8H3,(H,31,33)/b21-14+,22-11+. The molecule has 0 heterocycles. The van der Waals surface area contributed by atoms with Gasteiger partial charge in [-0.25, -0.2) is 0 Å². The number of benzene rings is 1. The largest absolute Gasteiger partial charge is 0.497 e. The zero-order valence-corrected chi connectivity index (χ0v) is 21.5. The van der Waals surface area contributed by atoms with Crippen LogP contribution in [0.4, 0.5) is 0 Å². The molecule has 0 spiro atoms. The van der Waals surface area contributed by atoms with E-state index in [2.05, 4.69) is 38.4 Å². The van der Waals surface area contributed by atoms with E-state index in [1.165, 1.54) is 7.11 Å². The number of amides is 1. The Bertz CT molecular complexity index is 1180. The lowest BCUT2D eigenvalue weighted by molar-refractivity contribution is -0.124. The van der Waals surface area contributed by atoms with Crippen LogP contribution in [0, 0.1) is 17.8 Å². The molecule has 0 radical (unpaired) electrons. The van der Waals surface area contributed by atoms with Gasteiger partial charge < -0.3 is 14.8 Å². The van der Waals surface area contributed by atoms with Crippen molar-refractivity contribution in [2.24, 2.45) is 17.8 Å². The van der Waals surface area contributed by atoms with Crippen molar-refractivity contribution >= 4 is 17.3 Å². The van der Waals surface area contributed by atoms with E-state index >= 15 is 0 Å². The fourth-order valence-electron chi connectivity index (χ4n) is 4.91. The van der Waals surface area contributed by atoms with Crippen molar-refractivity contribution in [3.63, 3.8) is 0 Å². The Morgan fingerprint density at radius 3 is 2.46 bits per heavy atom. The zero-order valence-electron chi connectivity index (χ0n) is 21.5. The van der Waals surface area contributed by atoms with E-state index in [-0.39, 0.29) is 35.4 Å². The fourth-order valence-corrected chi connectivity index (χ4v) is 4.91. The van der Waals surface area contributed by atoms with Crippen LogP contribution in [0.2, 0.25) is 0 Å². The van der Waals surface area contributed by atoms with Crippen molar-refractivity contribution in [3.05, 3.63) is 95.5 Å². The third kappa shape index (κ3) is 4.95. The van der Waals surface area contributed by atoms with Gasteiger partial charge in [0.2, 0.25) is 11.7 Å². The Labute approximate surface area is 208 Å². The van der Waals surface area contributed by atoms with Crippen LogP contribution in [-0.4, -0.2) is 25.9 Å². The van der Waals surface area contributed by atoms with Crippen LogP contribution in [0.1, 0.15) is 44.7 Å². The van der Waals surface area contributed by atoms with E-state index < -0.39 is 0 Å². The topological polar surface area (TPSA) is 64.6 Å². The highest BCUT2D eigenvalue weighted by Gasteiger charge is 2.37. The molecular formula is C30H35NO4. The predicted octanol–water partition coefficient (Wildman–Crippen LogP) is 5.89. The van der Waals surface area contributed by atoms with Gasteiger partial charge in [0.05, 0.1) is 14.2 Å². The Kier molecular flexibility index (Phi) is 8.00. The monoisotopic (exact) mass is 473 g/mol. The van der Waals surface area contributed by atoms with Gasteiger partial charge in [-0.05, 0) is 65.5 Å². The van der Waals surface area contributed by atoms with Gasteiger partial charge in [-0.15, -0.1) is 0 Å². The number of ketones is 1. The summed E-state index contributed by atoms with van der Waals surface area (Å²) in [5.41, 5.74) is 5.92. The Morgan fingerprint density at radius 2 is 1.86 bits per heavy atom. The smallest absolute Gasteiger partial charge is 0.228 e. The Morgan fingerprint density at radius 1 is 1.14 bits per heavy atom. The molecule has 1 aromatic rings. The minimum absolute atomic E-state index is 0.0215. The summed E-state index contributed by atoms with van der Waals surface area (Å²) >= 11 is 0. The van der Waals surface area contributed by atoms with Crippen LogP contribution in [0.3, 0.4) is 0 Å². The molecule has 0 aromatic heterocycles. The van der Waals surface area contributed by atoms with E-state index in [1.807, 2.05) is 38.1 Å². The predicted molar refractivity (Wildman–Crippen MR) is 141 cm³/mol. The highest BCUT2D eigenvalue weighted by Crippen LogP contribution is 2.48. The summed E-state index contributed by atoms with van der Waals surface area (Å²) in [6, 6.07) is 6.00. The van der Waals surface area contributed by atoms with Crippen LogP contribution < -0.4 is 10.1 Å². The minimum atomic E-state index is -0.348.